The van der Waals surface area contributed by atoms with Crippen molar-refractivity contribution in [1.82, 2.24) is 4.90 Å². The Kier molecular flexibility index (Phi) is 4.72. The van der Waals surface area contributed by atoms with Crippen molar-refractivity contribution in [3.05, 3.63) is 46.7 Å². The second-order valence-corrected chi connectivity index (χ2v) is 8.59. The van der Waals surface area contributed by atoms with Crippen LogP contribution in [0.2, 0.25) is 0 Å². The number of nitrogens with zero attached hydrogens (tertiary/aromatic N) is 1. The molecule has 1 aromatic rings. The fraction of sp³-hybridized carbons (Fsp3) is 0.318. The molecule has 1 aromatic carbocycles. The van der Waals surface area contributed by atoms with Crippen molar-refractivity contribution < 1.29 is 45.0 Å². The van der Waals surface area contributed by atoms with Crippen LogP contribution < -0.4 is 5.73 Å². The van der Waals surface area contributed by atoms with Gasteiger partial charge in [0.1, 0.15) is 17.1 Å². The zero-order valence-electron chi connectivity index (χ0n) is 17.6. The largest absolute Gasteiger partial charge is 0.508 e. The molecule has 33 heavy (non-hydrogen) atoms. The Morgan fingerprint density at radius 3 is 2.30 bits per heavy atom. The summed E-state index contributed by atoms with van der Waals surface area (Å²) in [7, 11) is 2.82. The molecule has 11 nitrogen and oxygen atoms in total. The first kappa shape index (κ1) is 22.5. The third kappa shape index (κ3) is 2.58. The van der Waals surface area contributed by atoms with Crippen LogP contribution in [-0.4, -0.2) is 84.9 Å². The first-order valence-electron chi connectivity index (χ1n) is 9.85. The second-order valence-electron chi connectivity index (χ2n) is 8.59. The van der Waals surface area contributed by atoms with E-state index in [9.17, 15) is 45.0 Å². The molecule has 1 fully saturated rings. The molecular formula is C22H22N2O9. The number of benzene rings is 1. The maximum atomic E-state index is 13.6. The van der Waals surface area contributed by atoms with Crippen molar-refractivity contribution in [2.75, 3.05) is 14.1 Å². The maximum Gasteiger partial charge on any atom is 0.255 e. The molecule has 0 radical (unpaired) electrons. The first-order chi connectivity index (χ1) is 15.3. The Labute approximate surface area is 187 Å². The number of rotatable bonds is 2. The number of aromatic hydroxyl groups is 2. The van der Waals surface area contributed by atoms with E-state index in [-0.39, 0.29) is 16.7 Å². The maximum absolute atomic E-state index is 13.6. The Morgan fingerprint density at radius 2 is 1.76 bits per heavy atom. The third-order valence-corrected chi connectivity index (χ3v) is 6.72. The highest BCUT2D eigenvalue weighted by molar-refractivity contribution is 6.25. The summed E-state index contributed by atoms with van der Waals surface area (Å²) in [6, 6.07) is 1.000. The molecule has 5 atom stereocenters. The predicted molar refractivity (Wildman–Crippen MR) is 113 cm³/mol. The summed E-state index contributed by atoms with van der Waals surface area (Å²) in [5, 5.41) is 64.6. The van der Waals surface area contributed by atoms with Crippen molar-refractivity contribution >= 4 is 28.8 Å². The van der Waals surface area contributed by atoms with Crippen LogP contribution in [-0.2, 0) is 14.4 Å². The van der Waals surface area contributed by atoms with Crippen LogP contribution in [0, 0.1) is 11.8 Å². The van der Waals surface area contributed by atoms with Crippen molar-refractivity contribution in [1.29, 1.82) is 0 Å². The number of carbonyl (C=O) groups is 3. The molecule has 0 aromatic heterocycles. The standard InChI is InChI=1S/C22H22N2O9/c1-6-7-4-5-8(25)15(26)10(7)16(27)11-9(6)17(28)13-14(24(2)3)18(29)12(21(23)32)20(31)22(13,33)19(11)30/h4-5,9,13-14,17,25-28,31,33H,1H2,2-3H3,(H2,23,32)/t9-,13-,14+,17+,22+/m1/s1. The number of nitrogens with two attached hydrogens (primary N) is 1. The zero-order valence-corrected chi connectivity index (χ0v) is 17.6. The van der Waals surface area contributed by atoms with Crippen LogP contribution in [0.15, 0.2) is 35.6 Å². The van der Waals surface area contributed by atoms with E-state index in [0.717, 1.165) is 6.07 Å². The van der Waals surface area contributed by atoms with E-state index in [1.165, 1.54) is 25.1 Å². The van der Waals surface area contributed by atoms with Crippen molar-refractivity contribution in [3.63, 3.8) is 0 Å². The quantitative estimate of drug-likeness (QED) is 0.215. The first-order valence-corrected chi connectivity index (χ1v) is 9.85. The number of amides is 1. The topological polar surface area (TPSA) is 202 Å². The predicted octanol–water partition coefficient (Wildman–Crippen LogP) is -0.889. The average Bonchev–Trinajstić information content (AvgIpc) is 2.72. The van der Waals surface area contributed by atoms with Crippen molar-refractivity contribution in [3.8, 4) is 11.5 Å². The summed E-state index contributed by atoms with van der Waals surface area (Å²) in [4.78, 5) is 39.9. The number of phenolic OH excluding ortho intramolecular Hbond substituents is 2. The van der Waals surface area contributed by atoms with Gasteiger partial charge in [0.15, 0.2) is 22.9 Å². The lowest BCUT2D eigenvalue weighted by Gasteiger charge is -2.52. The number of aliphatic hydroxyl groups excluding tert-OH is 3. The average molecular weight is 458 g/mol. The summed E-state index contributed by atoms with van der Waals surface area (Å²) >= 11 is 0. The van der Waals surface area contributed by atoms with E-state index in [1.54, 1.807) is 0 Å². The molecule has 1 amide bonds. The molecule has 3 aliphatic rings. The van der Waals surface area contributed by atoms with E-state index in [4.69, 9.17) is 5.73 Å². The van der Waals surface area contributed by atoms with E-state index in [0.29, 0.717) is 0 Å². The number of carbonyl (C=O) groups excluding carboxylic acids is 3. The molecule has 174 valence electrons. The van der Waals surface area contributed by atoms with Crippen LogP contribution in [0.1, 0.15) is 11.1 Å². The molecule has 0 unspecified atom stereocenters. The lowest BCUT2D eigenvalue weighted by Crippen LogP contribution is -2.70. The van der Waals surface area contributed by atoms with Gasteiger partial charge >= 0.3 is 0 Å². The fourth-order valence-corrected chi connectivity index (χ4v) is 5.24. The Bertz CT molecular complexity index is 1230. The van der Waals surface area contributed by atoms with Gasteiger partial charge in [-0.1, -0.05) is 12.6 Å². The highest BCUT2D eigenvalue weighted by atomic mass is 16.4. The molecular weight excluding hydrogens is 436 g/mol. The van der Waals surface area contributed by atoms with Gasteiger partial charge in [0, 0.05) is 5.92 Å². The smallest absolute Gasteiger partial charge is 0.255 e. The van der Waals surface area contributed by atoms with Crippen LogP contribution in [0.25, 0.3) is 11.3 Å². The summed E-state index contributed by atoms with van der Waals surface area (Å²) in [6.07, 6.45) is -1.76. The van der Waals surface area contributed by atoms with Gasteiger partial charge in [-0.25, -0.2) is 0 Å². The summed E-state index contributed by atoms with van der Waals surface area (Å²) < 4.78 is 0. The molecule has 1 saturated carbocycles. The molecule has 0 saturated heterocycles. The summed E-state index contributed by atoms with van der Waals surface area (Å²) in [5.74, 6) is -10.3. The number of Topliss-reactive ketones (excluding diaryl/α,β-unsaturated/α-hetero) is 2. The lowest BCUT2D eigenvalue weighted by molar-refractivity contribution is -0.166. The van der Waals surface area contributed by atoms with E-state index >= 15 is 0 Å². The second kappa shape index (κ2) is 6.91. The number of hydrogen-bond acceptors (Lipinski definition) is 10. The minimum atomic E-state index is -3.00. The van der Waals surface area contributed by atoms with E-state index in [1.807, 2.05) is 0 Å². The summed E-state index contributed by atoms with van der Waals surface area (Å²) in [5.41, 5.74) is 0.447. The molecule has 8 N–H and O–H groups in total. The normalized spacial score (nSPS) is 31.5. The monoisotopic (exact) mass is 458 g/mol. The molecule has 0 spiro atoms. The minimum absolute atomic E-state index is 0.0603. The van der Waals surface area contributed by atoms with Gasteiger partial charge in [-0.05, 0) is 31.3 Å². The van der Waals surface area contributed by atoms with Crippen molar-refractivity contribution in [2.24, 2.45) is 17.6 Å². The highest BCUT2D eigenvalue weighted by Gasteiger charge is 2.68. The van der Waals surface area contributed by atoms with Crippen LogP contribution in [0.4, 0.5) is 0 Å². The Hall–Kier alpha value is -3.67. The van der Waals surface area contributed by atoms with Crippen molar-refractivity contribution in [2.45, 2.75) is 17.7 Å². The van der Waals surface area contributed by atoms with Gasteiger partial charge in [0.2, 0.25) is 5.78 Å². The molecule has 4 rings (SSSR count). The molecule has 0 aliphatic heterocycles. The zero-order chi connectivity index (χ0) is 24.7. The van der Waals surface area contributed by atoms with E-state index in [2.05, 4.69) is 6.58 Å². The molecule has 3 aliphatic carbocycles. The molecule has 11 heteroatoms. The van der Waals surface area contributed by atoms with Gasteiger partial charge in [-0.3, -0.25) is 19.3 Å². The van der Waals surface area contributed by atoms with E-state index < -0.39 is 81.2 Å². The number of phenols is 2. The SMILES string of the molecule is C=C1c2ccc(O)c(O)c2C(O)=C2C(=O)[C@]3(O)C(O)=C(C(N)=O)C(=O)[C@@H](N(C)C)[C@@H]3[C@@H](O)[C@H]12. The van der Waals surface area contributed by atoms with Crippen LogP contribution in [0.3, 0.4) is 0 Å². The lowest BCUT2D eigenvalue weighted by atomic mass is 9.55. The number of aliphatic hydroxyl groups is 4. The van der Waals surface area contributed by atoms with Gasteiger partial charge in [0.05, 0.1) is 29.2 Å². The highest BCUT2D eigenvalue weighted by Crippen LogP contribution is 2.56. The van der Waals surface area contributed by atoms with Gasteiger partial charge < -0.3 is 36.4 Å². The van der Waals surface area contributed by atoms with Gasteiger partial charge in [0.25, 0.3) is 5.91 Å². The number of likely N-dealkylation sites (N-methyl/N-ethyl adjacent to an activating group) is 1. The van der Waals surface area contributed by atoms with Gasteiger partial charge in [-0.15, -0.1) is 0 Å². The third-order valence-electron chi connectivity index (χ3n) is 6.72. The number of hydrogen-bond donors (Lipinski definition) is 7. The molecule has 0 bridgehead atoms. The number of fused-ring (bicyclic) bond motifs is 3. The Balaban J connectivity index is 2.09. The molecule has 0 heterocycles. The number of primary amides is 1. The minimum Gasteiger partial charge on any atom is -0.508 e. The summed E-state index contributed by atoms with van der Waals surface area (Å²) in [6.45, 7) is 3.86. The Morgan fingerprint density at radius 1 is 1.15 bits per heavy atom. The van der Waals surface area contributed by atoms with Crippen LogP contribution >= 0.6 is 0 Å². The van der Waals surface area contributed by atoms with Gasteiger partial charge in [-0.2, -0.15) is 0 Å². The number of ketones is 2. The van der Waals surface area contributed by atoms with Crippen LogP contribution in [0.5, 0.6) is 11.5 Å². The fourth-order valence-electron chi connectivity index (χ4n) is 5.24.